The van der Waals surface area contributed by atoms with Crippen LogP contribution in [0, 0.1) is 6.92 Å². The summed E-state index contributed by atoms with van der Waals surface area (Å²) in [4.78, 5) is 50.6. The van der Waals surface area contributed by atoms with Crippen LogP contribution in [-0.4, -0.2) is 35.9 Å². The molecular formula is C27H24F2N2O7. The number of hydrogen-bond donors (Lipinski definition) is 1. The average molecular weight is 526 g/mol. The van der Waals surface area contributed by atoms with Crippen molar-refractivity contribution in [3.63, 3.8) is 0 Å². The topological polar surface area (TPSA) is 115 Å². The fraction of sp³-hybridized carbons (Fsp3) is 0.259. The van der Waals surface area contributed by atoms with Gasteiger partial charge in [0.1, 0.15) is 0 Å². The first-order chi connectivity index (χ1) is 18.0. The maximum atomic E-state index is 15.4. The number of halogens is 2. The van der Waals surface area contributed by atoms with Crippen LogP contribution in [0.4, 0.5) is 20.2 Å². The average Bonchev–Trinajstić information content (AvgIpc) is 3.25. The third kappa shape index (κ3) is 5.41. The highest BCUT2D eigenvalue weighted by Gasteiger charge is 2.52. The van der Waals surface area contributed by atoms with Crippen LogP contribution in [0.5, 0.6) is 0 Å². The number of carbonyl (C=O) groups excluding carboxylic acids is 4. The molecule has 1 aliphatic rings. The number of amides is 2. The standard InChI is InChI=1S/C27H24F2N2O7/c1-15-12-13-36-23(15)25(34)30-19-10-8-18(9-11-19)26(35)31-21-7-5-4-6-20(21)24(38-17(3)33)27(28,29)14-22(31)37-16(2)32/h4-13,22,24H,14H2,1-3H3,(H,30,34). The summed E-state index contributed by atoms with van der Waals surface area (Å²) in [6.45, 7) is 3.76. The summed E-state index contributed by atoms with van der Waals surface area (Å²) < 4.78 is 46.1. The Balaban J connectivity index is 1.70. The van der Waals surface area contributed by atoms with Gasteiger partial charge in [-0.1, -0.05) is 18.2 Å². The molecule has 2 unspecified atom stereocenters. The van der Waals surface area contributed by atoms with Gasteiger partial charge in [-0.15, -0.1) is 0 Å². The van der Waals surface area contributed by atoms with E-state index in [9.17, 15) is 19.2 Å². The van der Waals surface area contributed by atoms with Gasteiger partial charge in [0.2, 0.25) is 0 Å². The molecule has 198 valence electrons. The summed E-state index contributed by atoms with van der Waals surface area (Å²) in [5, 5.41) is 2.65. The molecule has 0 bridgehead atoms. The highest BCUT2D eigenvalue weighted by Crippen LogP contribution is 2.47. The van der Waals surface area contributed by atoms with Gasteiger partial charge >= 0.3 is 11.9 Å². The lowest BCUT2D eigenvalue weighted by atomic mass is 10.0. The lowest BCUT2D eigenvalue weighted by molar-refractivity contribution is -0.181. The molecular weight excluding hydrogens is 502 g/mol. The van der Waals surface area contributed by atoms with Crippen molar-refractivity contribution in [2.75, 3.05) is 10.2 Å². The van der Waals surface area contributed by atoms with Crippen molar-refractivity contribution in [2.24, 2.45) is 0 Å². The summed E-state index contributed by atoms with van der Waals surface area (Å²) in [6.07, 6.45) is -3.42. The van der Waals surface area contributed by atoms with E-state index in [1.54, 1.807) is 13.0 Å². The minimum absolute atomic E-state index is 0.00199. The third-order valence-corrected chi connectivity index (χ3v) is 5.86. The maximum absolute atomic E-state index is 15.4. The Morgan fingerprint density at radius 1 is 0.974 bits per heavy atom. The minimum atomic E-state index is -3.67. The van der Waals surface area contributed by atoms with E-state index in [4.69, 9.17) is 13.9 Å². The molecule has 0 aliphatic carbocycles. The van der Waals surface area contributed by atoms with Crippen LogP contribution in [0.3, 0.4) is 0 Å². The van der Waals surface area contributed by atoms with E-state index in [1.165, 1.54) is 54.8 Å². The predicted molar refractivity (Wildman–Crippen MR) is 131 cm³/mol. The van der Waals surface area contributed by atoms with Gasteiger partial charge in [0.05, 0.1) is 18.4 Å². The quantitative estimate of drug-likeness (QED) is 0.464. The summed E-state index contributed by atoms with van der Waals surface area (Å²) in [5.41, 5.74) is 0.954. The summed E-state index contributed by atoms with van der Waals surface area (Å²) >= 11 is 0. The van der Waals surface area contributed by atoms with Gasteiger partial charge in [-0.05, 0) is 43.3 Å². The Bertz CT molecular complexity index is 1380. The fourth-order valence-electron chi connectivity index (χ4n) is 4.21. The summed E-state index contributed by atoms with van der Waals surface area (Å²) in [6, 6.07) is 13.1. The summed E-state index contributed by atoms with van der Waals surface area (Å²) in [5.74, 6) is -6.58. The van der Waals surface area contributed by atoms with Gasteiger partial charge in [0.15, 0.2) is 18.1 Å². The molecule has 2 atom stereocenters. The first-order valence-corrected chi connectivity index (χ1v) is 11.6. The van der Waals surface area contributed by atoms with E-state index in [-0.39, 0.29) is 22.6 Å². The number of ether oxygens (including phenoxy) is 2. The van der Waals surface area contributed by atoms with Gasteiger partial charge in [0, 0.05) is 36.2 Å². The van der Waals surface area contributed by atoms with Crippen molar-refractivity contribution in [1.29, 1.82) is 0 Å². The lowest BCUT2D eigenvalue weighted by Crippen LogP contribution is -2.45. The molecule has 38 heavy (non-hydrogen) atoms. The van der Waals surface area contributed by atoms with Gasteiger partial charge in [-0.3, -0.25) is 24.1 Å². The molecule has 0 saturated carbocycles. The van der Waals surface area contributed by atoms with E-state index < -0.39 is 48.4 Å². The number of para-hydroxylation sites is 1. The highest BCUT2D eigenvalue weighted by atomic mass is 19.3. The molecule has 1 aromatic heterocycles. The second kappa shape index (κ2) is 10.4. The van der Waals surface area contributed by atoms with Gasteiger partial charge < -0.3 is 19.2 Å². The van der Waals surface area contributed by atoms with Crippen LogP contribution < -0.4 is 10.2 Å². The largest absolute Gasteiger partial charge is 0.459 e. The van der Waals surface area contributed by atoms with Crippen molar-refractivity contribution in [1.82, 2.24) is 0 Å². The predicted octanol–water partition coefficient (Wildman–Crippen LogP) is 5.02. The van der Waals surface area contributed by atoms with E-state index in [2.05, 4.69) is 5.32 Å². The van der Waals surface area contributed by atoms with Gasteiger partial charge in [0.25, 0.3) is 17.7 Å². The number of benzene rings is 2. The zero-order valence-corrected chi connectivity index (χ0v) is 20.7. The number of nitrogens with zero attached hydrogens (tertiary/aromatic N) is 1. The Morgan fingerprint density at radius 3 is 2.24 bits per heavy atom. The van der Waals surface area contributed by atoms with Crippen LogP contribution in [0.1, 0.15) is 58.4 Å². The molecule has 1 N–H and O–H groups in total. The SMILES string of the molecule is CC(=O)OC1CC(F)(F)C(OC(C)=O)c2ccccc2N1C(=O)c1ccc(NC(=O)c2occc2C)cc1. The monoisotopic (exact) mass is 526 g/mol. The molecule has 11 heteroatoms. The van der Waals surface area contributed by atoms with Crippen molar-refractivity contribution >= 4 is 35.1 Å². The Morgan fingerprint density at radius 2 is 1.63 bits per heavy atom. The minimum Gasteiger partial charge on any atom is -0.459 e. The number of alkyl halides is 2. The molecule has 0 radical (unpaired) electrons. The number of furan rings is 1. The van der Waals surface area contributed by atoms with Crippen molar-refractivity contribution in [3.05, 3.63) is 83.3 Å². The lowest BCUT2D eigenvalue weighted by Gasteiger charge is -2.31. The van der Waals surface area contributed by atoms with E-state index in [1.807, 2.05) is 0 Å². The van der Waals surface area contributed by atoms with Crippen molar-refractivity contribution in [2.45, 2.75) is 45.4 Å². The fourth-order valence-corrected chi connectivity index (χ4v) is 4.21. The molecule has 0 saturated heterocycles. The summed E-state index contributed by atoms with van der Waals surface area (Å²) in [7, 11) is 0. The van der Waals surface area contributed by atoms with Crippen LogP contribution >= 0.6 is 0 Å². The zero-order chi connectivity index (χ0) is 27.6. The maximum Gasteiger partial charge on any atom is 0.304 e. The molecule has 0 spiro atoms. The number of nitrogens with one attached hydrogen (secondary N) is 1. The molecule has 2 heterocycles. The number of rotatable bonds is 5. The van der Waals surface area contributed by atoms with E-state index >= 15 is 8.78 Å². The molecule has 3 aromatic rings. The number of esters is 2. The highest BCUT2D eigenvalue weighted by molar-refractivity contribution is 6.08. The van der Waals surface area contributed by atoms with Crippen LogP contribution in [0.25, 0.3) is 0 Å². The third-order valence-electron chi connectivity index (χ3n) is 5.86. The van der Waals surface area contributed by atoms with Crippen LogP contribution in [0.15, 0.2) is 65.3 Å². The molecule has 0 fully saturated rings. The molecule has 4 rings (SSSR count). The molecule has 2 aromatic carbocycles. The normalized spacial score (nSPS) is 18.1. The van der Waals surface area contributed by atoms with Crippen LogP contribution in [-0.2, 0) is 19.1 Å². The Hall–Kier alpha value is -4.54. The molecule has 9 nitrogen and oxygen atoms in total. The molecule has 2 amide bonds. The first-order valence-electron chi connectivity index (χ1n) is 11.6. The van der Waals surface area contributed by atoms with Gasteiger partial charge in [-0.25, -0.2) is 8.78 Å². The smallest absolute Gasteiger partial charge is 0.304 e. The number of hydrogen-bond acceptors (Lipinski definition) is 7. The number of fused-ring (bicyclic) bond motifs is 1. The van der Waals surface area contributed by atoms with Crippen molar-refractivity contribution in [3.8, 4) is 0 Å². The van der Waals surface area contributed by atoms with Gasteiger partial charge in [-0.2, -0.15) is 0 Å². The molecule has 1 aliphatic heterocycles. The van der Waals surface area contributed by atoms with Crippen molar-refractivity contribution < 1.29 is 41.8 Å². The number of aryl methyl sites for hydroxylation is 1. The van der Waals surface area contributed by atoms with Crippen LogP contribution in [0.2, 0.25) is 0 Å². The Kier molecular flexibility index (Phi) is 7.29. The van der Waals surface area contributed by atoms with E-state index in [0.717, 1.165) is 18.7 Å². The number of anilines is 2. The first kappa shape index (κ1) is 26.5. The Labute approximate surface area is 216 Å². The number of carbonyl (C=O) groups is 4. The zero-order valence-electron chi connectivity index (χ0n) is 20.7. The second-order valence-corrected chi connectivity index (χ2v) is 8.72. The second-order valence-electron chi connectivity index (χ2n) is 8.72. The van der Waals surface area contributed by atoms with E-state index in [0.29, 0.717) is 11.3 Å².